The second kappa shape index (κ2) is 15.9. The number of hydrogen-bond acceptors (Lipinski definition) is 12. The molecule has 3 amide bonds. The Morgan fingerprint density at radius 1 is 1.04 bits per heavy atom. The quantitative estimate of drug-likeness (QED) is 0.199. The number of fused-ring (bicyclic) bond motifs is 5. The summed E-state index contributed by atoms with van der Waals surface area (Å²) in [7, 11) is 3.34. The molecular weight excluding hydrogens is 736 g/mol. The van der Waals surface area contributed by atoms with E-state index in [1.165, 1.54) is 16.0 Å². The van der Waals surface area contributed by atoms with Crippen molar-refractivity contribution in [3.05, 3.63) is 76.9 Å². The first-order valence-electron chi connectivity index (χ1n) is 19.5. The van der Waals surface area contributed by atoms with E-state index >= 15 is 0 Å². The number of hydroxylamine groups is 2. The van der Waals surface area contributed by atoms with Gasteiger partial charge in [-0.05, 0) is 55.5 Å². The van der Waals surface area contributed by atoms with Gasteiger partial charge in [-0.25, -0.2) is 0 Å². The highest BCUT2D eigenvalue weighted by atomic mass is 16.8. The number of carbonyl (C=O) groups is 5. The zero-order valence-corrected chi connectivity index (χ0v) is 33.0. The molecule has 7 rings (SSSR count). The minimum absolute atomic E-state index is 0.0109. The van der Waals surface area contributed by atoms with Crippen molar-refractivity contribution in [3.63, 3.8) is 0 Å². The van der Waals surface area contributed by atoms with E-state index in [0.717, 1.165) is 22.3 Å². The average Bonchev–Trinajstić information content (AvgIpc) is 3.83. The molecule has 2 aromatic rings. The lowest BCUT2D eigenvalue weighted by atomic mass is 9.62. The van der Waals surface area contributed by atoms with Crippen LogP contribution in [0.1, 0.15) is 68.7 Å². The Balaban J connectivity index is 1.09. The van der Waals surface area contributed by atoms with Crippen LogP contribution >= 0.6 is 0 Å². The molecule has 57 heavy (non-hydrogen) atoms. The Labute approximate surface area is 331 Å². The van der Waals surface area contributed by atoms with Crippen molar-refractivity contribution in [3.8, 4) is 0 Å². The highest BCUT2D eigenvalue weighted by Crippen LogP contribution is 2.58. The maximum atomic E-state index is 14.6. The van der Waals surface area contributed by atoms with Crippen LogP contribution in [0.3, 0.4) is 0 Å². The fraction of sp³-hybridized carbons (Fsp3) is 0.548. The molecular formula is C42H52N4O11. The fourth-order valence-electron chi connectivity index (χ4n) is 8.70. The predicted octanol–water partition coefficient (Wildman–Crippen LogP) is 1.97. The number of nitrogens with zero attached hydrogens (tertiary/aromatic N) is 2. The van der Waals surface area contributed by atoms with E-state index in [9.17, 15) is 29.1 Å². The van der Waals surface area contributed by atoms with Gasteiger partial charge in [0, 0.05) is 58.8 Å². The third-order valence-electron chi connectivity index (χ3n) is 11.2. The smallest absolute Gasteiger partial charge is 0.327 e. The lowest BCUT2D eigenvalue weighted by molar-refractivity contribution is -0.217. The Bertz CT molecular complexity index is 1900. The summed E-state index contributed by atoms with van der Waals surface area (Å²) in [5.41, 5.74) is 1.63. The van der Waals surface area contributed by atoms with Crippen molar-refractivity contribution in [1.29, 1.82) is 0 Å². The van der Waals surface area contributed by atoms with Gasteiger partial charge in [0.25, 0.3) is 0 Å². The minimum Gasteiger partial charge on any atom is -0.460 e. The van der Waals surface area contributed by atoms with Crippen molar-refractivity contribution in [2.75, 3.05) is 27.2 Å². The van der Waals surface area contributed by atoms with E-state index in [4.69, 9.17) is 23.8 Å². The molecule has 2 aromatic carbocycles. The number of hydrogen-bond donors (Lipinski definition) is 3. The van der Waals surface area contributed by atoms with Crippen LogP contribution in [0.15, 0.2) is 54.6 Å². The molecule has 0 aromatic heterocycles. The van der Waals surface area contributed by atoms with Crippen LogP contribution in [0, 0.1) is 5.41 Å². The Kier molecular flexibility index (Phi) is 11.3. The summed E-state index contributed by atoms with van der Waals surface area (Å²) in [6.45, 7) is 4.95. The Morgan fingerprint density at radius 2 is 1.75 bits per heavy atom. The predicted molar refractivity (Wildman–Crippen MR) is 203 cm³/mol. The van der Waals surface area contributed by atoms with E-state index in [2.05, 4.69) is 10.6 Å². The van der Waals surface area contributed by atoms with Crippen LogP contribution in [0.2, 0.25) is 0 Å². The molecule has 15 nitrogen and oxygen atoms in total. The summed E-state index contributed by atoms with van der Waals surface area (Å²) in [5, 5.41) is 17.0. The lowest BCUT2D eigenvalue weighted by Gasteiger charge is -2.48. The number of ether oxygens (including phenoxy) is 4. The molecule has 0 radical (unpaired) electrons. The monoisotopic (exact) mass is 788 g/mol. The molecule has 1 saturated carbocycles. The van der Waals surface area contributed by atoms with Gasteiger partial charge >= 0.3 is 11.9 Å². The number of nitrogens with one attached hydrogen (secondary N) is 2. The van der Waals surface area contributed by atoms with Crippen LogP contribution in [0.4, 0.5) is 0 Å². The number of benzene rings is 2. The van der Waals surface area contributed by atoms with Gasteiger partial charge in [-0.1, -0.05) is 48.5 Å². The standard InChI is InChI=1S/C42H52N4O11/c1-40(2,3)54-33(50)16-14-29(24-47)44-31(48)17-18-43-39(52)42-22-30-34-35(56-41(55-34)20-27-11-6-7-12-28(27)21-41)37(42)57-46(36(42)38(51)53-30)23-26-10-8-9-25(19-26)13-15-32(49)45(4)5/h6-13,15,19,29-30,34-37,47H,14,16-18,20-24H2,1-5H3,(H,43,52)(H,44,48)/t29-,30+,34-,35-,36-,37+,42-/m0/s1. The van der Waals surface area contributed by atoms with Gasteiger partial charge in [0.2, 0.25) is 17.7 Å². The van der Waals surface area contributed by atoms with Crippen LogP contribution in [-0.4, -0.2) is 120 Å². The highest BCUT2D eigenvalue weighted by molar-refractivity contribution is 5.94. The molecule has 3 saturated heterocycles. The van der Waals surface area contributed by atoms with E-state index < -0.39 is 77.1 Å². The molecule has 7 atom stereocenters. The number of rotatable bonds is 13. The van der Waals surface area contributed by atoms with Crippen LogP contribution < -0.4 is 10.6 Å². The van der Waals surface area contributed by atoms with Gasteiger partial charge in [-0.3, -0.25) is 28.8 Å². The van der Waals surface area contributed by atoms with Gasteiger partial charge in [0.15, 0.2) is 11.8 Å². The van der Waals surface area contributed by atoms with E-state index in [-0.39, 0.29) is 51.3 Å². The first-order valence-corrected chi connectivity index (χ1v) is 19.5. The Hall–Kier alpha value is -4.67. The largest absolute Gasteiger partial charge is 0.460 e. The van der Waals surface area contributed by atoms with Gasteiger partial charge in [0.1, 0.15) is 35.4 Å². The summed E-state index contributed by atoms with van der Waals surface area (Å²) >= 11 is 0. The summed E-state index contributed by atoms with van der Waals surface area (Å²) < 4.78 is 24.9. The third kappa shape index (κ3) is 8.35. The van der Waals surface area contributed by atoms with Gasteiger partial charge < -0.3 is 39.6 Å². The second-order valence-corrected chi connectivity index (χ2v) is 16.8. The third-order valence-corrected chi connectivity index (χ3v) is 11.2. The SMILES string of the molecule is CN(C)C(=O)C=Cc1cccc(CN2O[C@@H]3[C@H]4OC5(Cc6ccccc6C5)O[C@H]4[C@H]4C[C@]3(C(=O)NCCC(=O)N[C@H](CO)CCC(=O)OC(C)(C)C)[C@@H]2C(=O)O4)c1. The summed E-state index contributed by atoms with van der Waals surface area (Å²) in [6, 6.07) is 13.6. The highest BCUT2D eigenvalue weighted by Gasteiger charge is 2.76. The van der Waals surface area contributed by atoms with Crippen LogP contribution in [0.25, 0.3) is 6.08 Å². The molecule has 2 aliphatic carbocycles. The van der Waals surface area contributed by atoms with Crippen LogP contribution in [0.5, 0.6) is 0 Å². The number of esters is 2. The van der Waals surface area contributed by atoms with E-state index in [1.54, 1.807) is 40.9 Å². The van der Waals surface area contributed by atoms with Crippen molar-refractivity contribution in [2.24, 2.45) is 5.41 Å². The first kappa shape index (κ1) is 40.5. The maximum absolute atomic E-state index is 14.6. The minimum atomic E-state index is -1.45. The molecule has 5 aliphatic rings. The maximum Gasteiger partial charge on any atom is 0.327 e. The molecule has 0 unspecified atom stereocenters. The van der Waals surface area contributed by atoms with Crippen molar-refractivity contribution in [1.82, 2.24) is 20.6 Å². The molecule has 4 fully saturated rings. The van der Waals surface area contributed by atoms with Crippen LogP contribution in [-0.2, 0) is 67.1 Å². The molecule has 1 spiro atoms. The topological polar surface area (TPSA) is 182 Å². The zero-order chi connectivity index (χ0) is 40.7. The van der Waals surface area contributed by atoms with Gasteiger partial charge in [-0.15, -0.1) is 0 Å². The average molecular weight is 789 g/mol. The van der Waals surface area contributed by atoms with E-state index in [1.807, 2.05) is 48.5 Å². The molecule has 2 bridgehead atoms. The molecule has 3 heterocycles. The number of likely N-dealkylation sites (N-methyl/N-ethyl adjacent to an activating group) is 1. The normalized spacial score (nSPS) is 27.4. The van der Waals surface area contributed by atoms with Crippen molar-refractivity contribution >= 4 is 35.7 Å². The molecule has 3 N–H and O–H groups in total. The van der Waals surface area contributed by atoms with Crippen molar-refractivity contribution in [2.45, 2.75) is 114 Å². The second-order valence-electron chi connectivity index (χ2n) is 16.8. The lowest BCUT2D eigenvalue weighted by Crippen LogP contribution is -2.69. The number of amides is 3. The molecule has 306 valence electrons. The fourth-order valence-corrected chi connectivity index (χ4v) is 8.70. The number of aliphatic hydroxyl groups excluding tert-OH is 1. The first-order chi connectivity index (χ1) is 27.1. The van der Waals surface area contributed by atoms with Crippen molar-refractivity contribution < 1.29 is 52.9 Å². The van der Waals surface area contributed by atoms with Gasteiger partial charge in [0.05, 0.1) is 19.2 Å². The summed E-state index contributed by atoms with van der Waals surface area (Å²) in [5.74, 6) is -3.15. The molecule has 3 aliphatic heterocycles. The number of aliphatic hydroxyl groups is 1. The summed E-state index contributed by atoms with van der Waals surface area (Å²) in [6.07, 6.45) is 1.20. The molecule has 15 heteroatoms. The Morgan fingerprint density at radius 3 is 2.44 bits per heavy atom. The van der Waals surface area contributed by atoms with Gasteiger partial charge in [-0.2, -0.15) is 5.06 Å². The van der Waals surface area contributed by atoms with E-state index in [0.29, 0.717) is 12.8 Å². The zero-order valence-electron chi connectivity index (χ0n) is 33.0. The number of carbonyl (C=O) groups excluding carboxylic acids is 5. The summed E-state index contributed by atoms with van der Waals surface area (Å²) in [4.78, 5) is 74.2.